The van der Waals surface area contributed by atoms with E-state index in [1.165, 1.54) is 34.4 Å². The molecule has 0 spiro atoms. The van der Waals surface area contributed by atoms with Gasteiger partial charge in [0, 0.05) is 86.4 Å². The average Bonchev–Trinajstić information content (AvgIpc) is 1.05. The summed E-state index contributed by atoms with van der Waals surface area (Å²) in [5.41, 5.74) is 10.4. The minimum absolute atomic E-state index is 0.00749. The number of aliphatic hydroxyl groups is 3. The molecule has 3 aromatic heterocycles. The zero-order valence-electron chi connectivity index (χ0n) is 52.1. The van der Waals surface area contributed by atoms with Crippen LogP contribution in [0.1, 0.15) is 95.6 Å². The molecule has 0 radical (unpaired) electrons. The zero-order chi connectivity index (χ0) is 66.2. The molecule has 1 saturated heterocycles. The van der Waals surface area contributed by atoms with E-state index >= 15 is 0 Å². The minimum atomic E-state index is -4.23. The van der Waals surface area contributed by atoms with Crippen molar-refractivity contribution in [2.24, 2.45) is 22.0 Å². The van der Waals surface area contributed by atoms with E-state index < -0.39 is 76.3 Å². The number of carboxylic acids is 2. The lowest BCUT2D eigenvalue weighted by Gasteiger charge is -2.69. The molecule has 6 aliphatic rings. The van der Waals surface area contributed by atoms with Gasteiger partial charge in [-0.05, 0) is 122 Å². The fourth-order valence-corrected chi connectivity index (χ4v) is 16.9. The van der Waals surface area contributed by atoms with Gasteiger partial charge in [0.25, 0.3) is 16.0 Å². The molecule has 2 unspecified atom stereocenters. The second-order valence-corrected chi connectivity index (χ2v) is 28.7. The van der Waals surface area contributed by atoms with Crippen LogP contribution in [-0.4, -0.2) is 195 Å². The quantitative estimate of drug-likeness (QED) is 0.0235. The van der Waals surface area contributed by atoms with Gasteiger partial charge in [-0.15, -0.1) is 0 Å². The number of aromatic nitrogens is 4. The molecule has 10 N–H and O–H groups in total. The lowest BCUT2D eigenvalue weighted by Crippen LogP contribution is -2.64. The summed E-state index contributed by atoms with van der Waals surface area (Å²) in [6.45, 7) is 8.93. The summed E-state index contributed by atoms with van der Waals surface area (Å²) in [5.74, 6) is -2.99. The van der Waals surface area contributed by atoms with Crippen LogP contribution in [-0.2, 0) is 60.0 Å². The maximum atomic E-state index is 13.8. The number of hydrogen-bond acceptors (Lipinski definition) is 22. The highest BCUT2D eigenvalue weighted by molar-refractivity contribution is 7.85. The number of pyridine rings is 1. The summed E-state index contributed by atoms with van der Waals surface area (Å²) in [6.07, 6.45) is -2.16. The van der Waals surface area contributed by atoms with Crippen LogP contribution in [0.3, 0.4) is 0 Å². The fraction of sp³-hybridized carbons (Fsp3) is 0.516. The molecule has 93 heavy (non-hydrogen) atoms. The first kappa shape index (κ1) is 67.0. The van der Waals surface area contributed by atoms with E-state index in [0.717, 1.165) is 65.6 Å². The van der Waals surface area contributed by atoms with Crippen molar-refractivity contribution in [2.75, 3.05) is 75.6 Å². The van der Waals surface area contributed by atoms with Crippen LogP contribution in [0.15, 0.2) is 79.0 Å². The van der Waals surface area contributed by atoms with Crippen LogP contribution < -0.4 is 30.7 Å². The smallest absolute Gasteiger partial charge is 0.409 e. The number of benzene rings is 3. The summed E-state index contributed by atoms with van der Waals surface area (Å²) in [4.78, 5) is 65.2. The van der Waals surface area contributed by atoms with Crippen LogP contribution >= 0.6 is 11.3 Å². The third-order valence-corrected chi connectivity index (χ3v) is 20.1. The lowest BCUT2D eigenvalue weighted by molar-refractivity contribution is -0.271. The number of ether oxygens (including phenoxy) is 6. The maximum Gasteiger partial charge on any atom is 0.409 e. The highest BCUT2D eigenvalue weighted by Gasteiger charge is 2.66. The number of nitrogens with zero attached hydrogens (tertiary/aromatic N) is 6. The Morgan fingerprint density at radius 2 is 1.67 bits per heavy atom. The first-order valence-corrected chi connectivity index (χ1v) is 33.3. The number of amides is 2. The highest BCUT2D eigenvalue weighted by Crippen LogP contribution is 2.72. The van der Waals surface area contributed by atoms with Crippen LogP contribution in [0.4, 0.5) is 15.7 Å². The van der Waals surface area contributed by atoms with Crippen LogP contribution in [0.2, 0.25) is 0 Å². The number of carboxylic acid groups (broad SMARTS) is 2. The van der Waals surface area contributed by atoms with Gasteiger partial charge in [-0.2, -0.15) is 13.5 Å². The van der Waals surface area contributed by atoms with Crippen molar-refractivity contribution in [2.45, 2.75) is 128 Å². The van der Waals surface area contributed by atoms with Gasteiger partial charge in [0.15, 0.2) is 16.9 Å². The van der Waals surface area contributed by atoms with Crippen molar-refractivity contribution in [3.63, 3.8) is 0 Å². The molecule has 3 aromatic carbocycles. The van der Waals surface area contributed by atoms with E-state index in [1.54, 1.807) is 25.4 Å². The second kappa shape index (κ2) is 27.1. The Labute approximate surface area is 540 Å². The predicted octanol–water partition coefficient (Wildman–Crippen LogP) is 5.25. The number of para-hydroxylation sites is 1. The molecular formula is C64H79N9O18S2. The Bertz CT molecular complexity index is 3830. The van der Waals surface area contributed by atoms with E-state index in [-0.39, 0.29) is 85.5 Å². The first-order valence-electron chi connectivity index (χ1n) is 30.8. The molecule has 2 amide bonds. The maximum absolute atomic E-state index is 13.8. The molecule has 4 bridgehead atoms. The minimum Gasteiger partial charge on any atom is -0.491 e. The van der Waals surface area contributed by atoms with Gasteiger partial charge >= 0.3 is 18.0 Å². The molecule has 12 rings (SSSR count). The largest absolute Gasteiger partial charge is 0.491 e. The van der Waals surface area contributed by atoms with Gasteiger partial charge in [0.1, 0.15) is 48.8 Å². The SMILES string of the molecule is Cc1c(-c2ccc(N3CCc4cccc(C(=O)Nc5nc6ccccc6s5)c4C3)nc2C(=O)O)cnn1CC12CC3(C)CC(C)(C1)CC(OCCN(C)C(=O)OCc1ccc(O[C@@H]4O[C@H](C(=O)O)[C@@H](O)[C@H](O)[C@H]4O)cc1OCCOCCNC[C@@H](N)CS(=O)(=O)O)(C3)C2. The molecule has 4 saturated carbocycles. The van der Waals surface area contributed by atoms with Gasteiger partial charge in [-0.25, -0.2) is 24.4 Å². The zero-order valence-corrected chi connectivity index (χ0v) is 53.7. The Balaban J connectivity index is 0.715. The van der Waals surface area contributed by atoms with E-state index in [0.29, 0.717) is 65.8 Å². The number of carbonyl (C=O) groups is 4. The van der Waals surface area contributed by atoms with Gasteiger partial charge < -0.3 is 74.8 Å². The average molecular weight is 1330 g/mol. The number of carbonyl (C=O) groups excluding carboxylic acids is 2. The topological polar surface area (TPSA) is 379 Å². The molecule has 8 atom stereocenters. The fourth-order valence-electron chi connectivity index (χ4n) is 15.4. The molecule has 29 heteroatoms. The Kier molecular flexibility index (Phi) is 19.5. The Hall–Kier alpha value is -7.42. The Morgan fingerprint density at radius 3 is 2.41 bits per heavy atom. The van der Waals surface area contributed by atoms with Gasteiger partial charge in [0.2, 0.25) is 6.29 Å². The summed E-state index contributed by atoms with van der Waals surface area (Å²) >= 11 is 1.41. The van der Waals surface area contributed by atoms with Crippen molar-refractivity contribution in [3.05, 3.63) is 113 Å². The molecule has 5 fully saturated rings. The molecule has 5 heterocycles. The van der Waals surface area contributed by atoms with Crippen LogP contribution in [0.5, 0.6) is 11.5 Å². The van der Waals surface area contributed by atoms with E-state index in [1.807, 2.05) is 59.0 Å². The number of likely N-dealkylation sites (N-methyl/N-ethyl adjacent to an activating group) is 1. The molecular weight excluding hydrogens is 1250 g/mol. The number of hydrogen-bond donors (Lipinski definition) is 9. The number of thiazole rings is 1. The molecule has 2 aliphatic heterocycles. The molecule has 500 valence electrons. The summed E-state index contributed by atoms with van der Waals surface area (Å²) in [5, 5.41) is 62.8. The van der Waals surface area contributed by atoms with Crippen molar-refractivity contribution < 1.29 is 86.1 Å². The Morgan fingerprint density at radius 1 is 0.892 bits per heavy atom. The van der Waals surface area contributed by atoms with Crippen molar-refractivity contribution >= 4 is 66.6 Å². The van der Waals surface area contributed by atoms with Crippen molar-refractivity contribution in [3.8, 4) is 22.6 Å². The second-order valence-electron chi connectivity index (χ2n) is 26.2. The lowest BCUT2D eigenvalue weighted by atomic mass is 9.39. The third kappa shape index (κ3) is 15.2. The van der Waals surface area contributed by atoms with Gasteiger partial charge in [0.05, 0.1) is 47.6 Å². The standard InChI is InChI=1S/C64H79N9O18S2/c1-37-44(42-14-15-49(69-50(42)56(78)79)72-18-16-38-8-7-9-43(45(38)27-72)55(77)70-59-68-46-10-5-6-11-48(46)92-59)26-67-73(37)36-63-31-61(2)30-62(3,32-63)34-64(33-61,35-63)89-21-19-71(4)60(82)88-28-39-12-13-41(90-58-53(76)51(74)52(75)54(91-58)57(80)81)24-47(39)87-23-22-86-20-17-66-25-40(65)29-93(83,84)85/h5-15,24,26,40,51-54,58,66,74-76H,16-23,25,27-36,65H2,1-4H3,(H,78,79)(H,80,81)(H,68,70,77)(H,83,84,85)/t40-,51+,52+,53-,54+,58-,61?,62?,63?,64?/m1/s1. The number of rotatable bonds is 27. The first-order chi connectivity index (χ1) is 44.2. The predicted molar refractivity (Wildman–Crippen MR) is 339 cm³/mol. The molecule has 6 aromatic rings. The summed E-state index contributed by atoms with van der Waals surface area (Å²) in [6, 6.07) is 20.6. The normalized spacial score (nSPS) is 25.9. The van der Waals surface area contributed by atoms with Crippen LogP contribution in [0, 0.1) is 23.2 Å². The van der Waals surface area contributed by atoms with Gasteiger partial charge in [-0.1, -0.05) is 49.4 Å². The van der Waals surface area contributed by atoms with Crippen LogP contribution in [0.25, 0.3) is 21.3 Å². The van der Waals surface area contributed by atoms with Crippen molar-refractivity contribution in [1.82, 2.24) is 30.0 Å². The van der Waals surface area contributed by atoms with E-state index in [9.17, 15) is 53.1 Å². The number of fused-ring (bicyclic) bond motifs is 2. The van der Waals surface area contributed by atoms with E-state index in [2.05, 4.69) is 29.5 Å². The van der Waals surface area contributed by atoms with E-state index in [4.69, 9.17) is 48.8 Å². The number of aliphatic hydroxyl groups excluding tert-OH is 3. The summed E-state index contributed by atoms with van der Waals surface area (Å²) < 4.78 is 69.7. The monoisotopic (exact) mass is 1330 g/mol. The van der Waals surface area contributed by atoms with Gasteiger partial charge in [-0.3, -0.25) is 19.3 Å². The highest BCUT2D eigenvalue weighted by atomic mass is 32.2. The summed E-state index contributed by atoms with van der Waals surface area (Å²) in [7, 11) is -2.62. The number of nitrogens with one attached hydrogen (secondary N) is 2. The molecule has 4 aliphatic carbocycles. The number of anilines is 2. The number of aromatic carboxylic acids is 1. The number of nitrogens with two attached hydrogens (primary N) is 1. The third-order valence-electron chi connectivity index (χ3n) is 18.3. The number of aliphatic carboxylic acids is 1. The molecule has 27 nitrogen and oxygen atoms in total. The van der Waals surface area contributed by atoms with Crippen molar-refractivity contribution in [1.29, 1.82) is 0 Å².